The maximum Gasteiger partial charge on any atom is 0.251 e. The zero-order chi connectivity index (χ0) is 14.8. The summed E-state index contributed by atoms with van der Waals surface area (Å²) < 4.78 is 1.78. The van der Waals surface area contributed by atoms with E-state index in [2.05, 4.69) is 22.3 Å². The minimum Gasteiger partial charge on any atom is -0.361 e. The summed E-state index contributed by atoms with van der Waals surface area (Å²) in [6.45, 7) is 2.56. The van der Waals surface area contributed by atoms with E-state index in [-0.39, 0.29) is 5.91 Å². The molecule has 0 saturated carbocycles. The van der Waals surface area contributed by atoms with E-state index in [1.165, 1.54) is 0 Å². The molecule has 0 radical (unpaired) electrons. The number of nitrogens with one attached hydrogen (secondary N) is 2. The van der Waals surface area contributed by atoms with Crippen molar-refractivity contribution in [2.45, 2.75) is 19.9 Å². The first-order chi connectivity index (χ1) is 10.2. The molecule has 0 aliphatic carbocycles. The van der Waals surface area contributed by atoms with Gasteiger partial charge in [0.2, 0.25) is 0 Å². The van der Waals surface area contributed by atoms with Crippen molar-refractivity contribution in [1.29, 1.82) is 0 Å². The largest absolute Gasteiger partial charge is 0.361 e. The topological polar surface area (TPSA) is 62.7 Å². The number of aromatic amines is 1. The summed E-state index contributed by atoms with van der Waals surface area (Å²) in [5.41, 5.74) is 3.72. The maximum absolute atomic E-state index is 12.2. The fraction of sp³-hybridized carbons (Fsp3) is 0.250. The van der Waals surface area contributed by atoms with Crippen molar-refractivity contribution in [3.05, 3.63) is 53.5 Å². The second-order valence-electron chi connectivity index (χ2n) is 5.09. The van der Waals surface area contributed by atoms with Gasteiger partial charge in [-0.2, -0.15) is 5.10 Å². The SMILES string of the molecule is CCc1nn(C)cc1CNC(=O)c1ccc2cc[nH]c2c1. The molecule has 2 aromatic heterocycles. The quantitative estimate of drug-likeness (QED) is 0.772. The molecule has 2 heterocycles. The van der Waals surface area contributed by atoms with Crippen LogP contribution in [0.25, 0.3) is 10.9 Å². The second-order valence-corrected chi connectivity index (χ2v) is 5.09. The molecule has 0 saturated heterocycles. The number of carbonyl (C=O) groups is 1. The number of H-pyrrole nitrogens is 1. The molecule has 0 aliphatic rings. The van der Waals surface area contributed by atoms with E-state index in [1.54, 1.807) is 4.68 Å². The van der Waals surface area contributed by atoms with Crippen LogP contribution in [-0.4, -0.2) is 20.7 Å². The number of nitrogens with zero attached hydrogens (tertiary/aromatic N) is 2. The van der Waals surface area contributed by atoms with Crippen molar-refractivity contribution >= 4 is 16.8 Å². The Bertz CT molecular complexity index is 785. The number of hydrogen-bond acceptors (Lipinski definition) is 2. The molecule has 0 aliphatic heterocycles. The smallest absolute Gasteiger partial charge is 0.251 e. The van der Waals surface area contributed by atoms with Crippen molar-refractivity contribution in [3.8, 4) is 0 Å². The summed E-state index contributed by atoms with van der Waals surface area (Å²) in [6, 6.07) is 7.65. The molecule has 5 heteroatoms. The molecule has 3 rings (SSSR count). The number of hydrogen-bond donors (Lipinski definition) is 2. The maximum atomic E-state index is 12.2. The van der Waals surface area contributed by atoms with E-state index < -0.39 is 0 Å². The summed E-state index contributed by atoms with van der Waals surface area (Å²) in [5, 5.41) is 8.43. The molecule has 3 aromatic rings. The summed E-state index contributed by atoms with van der Waals surface area (Å²) >= 11 is 0. The van der Waals surface area contributed by atoms with Crippen LogP contribution in [0.3, 0.4) is 0 Å². The van der Waals surface area contributed by atoms with Gasteiger partial charge < -0.3 is 10.3 Å². The minimum atomic E-state index is -0.0718. The van der Waals surface area contributed by atoms with Crippen LogP contribution in [0.1, 0.15) is 28.5 Å². The van der Waals surface area contributed by atoms with E-state index in [0.29, 0.717) is 12.1 Å². The molecule has 0 atom stereocenters. The highest BCUT2D eigenvalue weighted by Gasteiger charge is 2.10. The van der Waals surface area contributed by atoms with Gasteiger partial charge in [0.15, 0.2) is 0 Å². The molecule has 1 amide bonds. The van der Waals surface area contributed by atoms with Crippen molar-refractivity contribution in [3.63, 3.8) is 0 Å². The van der Waals surface area contributed by atoms with E-state index >= 15 is 0 Å². The second kappa shape index (κ2) is 5.44. The first kappa shape index (κ1) is 13.4. The van der Waals surface area contributed by atoms with Gasteiger partial charge in [0, 0.05) is 42.6 Å². The summed E-state index contributed by atoms with van der Waals surface area (Å²) in [5.74, 6) is -0.0718. The molecular weight excluding hydrogens is 264 g/mol. The standard InChI is InChI=1S/C16H18N4O/c1-3-14-13(10-20(2)19-14)9-18-16(21)12-5-4-11-6-7-17-15(11)8-12/h4-8,10,17H,3,9H2,1-2H3,(H,18,21). The number of fused-ring (bicyclic) bond motifs is 1. The summed E-state index contributed by atoms with van der Waals surface area (Å²) in [6.07, 6.45) is 4.68. The molecule has 108 valence electrons. The number of rotatable bonds is 4. The van der Waals surface area contributed by atoms with Gasteiger partial charge in [-0.1, -0.05) is 13.0 Å². The predicted molar refractivity (Wildman–Crippen MR) is 82.1 cm³/mol. The lowest BCUT2D eigenvalue weighted by Gasteiger charge is -2.05. The van der Waals surface area contributed by atoms with Crippen LogP contribution in [0.2, 0.25) is 0 Å². The van der Waals surface area contributed by atoms with Gasteiger partial charge >= 0.3 is 0 Å². The Kier molecular flexibility index (Phi) is 3.48. The number of benzene rings is 1. The molecule has 2 N–H and O–H groups in total. The normalized spacial score (nSPS) is 11.0. The van der Waals surface area contributed by atoms with E-state index in [4.69, 9.17) is 0 Å². The Labute approximate surface area is 123 Å². The van der Waals surface area contributed by atoms with Gasteiger partial charge in [-0.25, -0.2) is 0 Å². The third-order valence-corrected chi connectivity index (χ3v) is 3.58. The van der Waals surface area contributed by atoms with Gasteiger partial charge in [0.1, 0.15) is 0 Å². The highest BCUT2D eigenvalue weighted by atomic mass is 16.1. The third kappa shape index (κ3) is 2.67. The van der Waals surface area contributed by atoms with Crippen LogP contribution in [0, 0.1) is 0 Å². The fourth-order valence-electron chi connectivity index (χ4n) is 2.50. The van der Waals surface area contributed by atoms with Gasteiger partial charge in [0.05, 0.1) is 5.69 Å². The van der Waals surface area contributed by atoms with Crippen LogP contribution in [-0.2, 0) is 20.0 Å². The van der Waals surface area contributed by atoms with Crippen molar-refractivity contribution < 1.29 is 4.79 Å². The predicted octanol–water partition coefficient (Wildman–Crippen LogP) is 2.39. The molecule has 0 bridgehead atoms. The average Bonchev–Trinajstić information content (AvgIpc) is 3.09. The van der Waals surface area contributed by atoms with Gasteiger partial charge in [-0.15, -0.1) is 0 Å². The zero-order valence-electron chi connectivity index (χ0n) is 12.2. The fourth-order valence-corrected chi connectivity index (χ4v) is 2.50. The highest BCUT2D eigenvalue weighted by Crippen LogP contribution is 2.14. The van der Waals surface area contributed by atoms with E-state index in [9.17, 15) is 4.79 Å². The van der Waals surface area contributed by atoms with Gasteiger partial charge in [-0.05, 0) is 30.0 Å². The first-order valence-electron chi connectivity index (χ1n) is 7.04. The van der Waals surface area contributed by atoms with Gasteiger partial charge in [-0.3, -0.25) is 9.48 Å². The lowest BCUT2D eigenvalue weighted by Crippen LogP contribution is -2.23. The highest BCUT2D eigenvalue weighted by molar-refractivity contribution is 5.97. The van der Waals surface area contributed by atoms with Crippen LogP contribution >= 0.6 is 0 Å². The molecule has 1 aromatic carbocycles. The molecule has 0 unspecified atom stereocenters. The van der Waals surface area contributed by atoms with E-state index in [0.717, 1.165) is 28.6 Å². The summed E-state index contributed by atoms with van der Waals surface area (Å²) in [4.78, 5) is 15.4. The zero-order valence-corrected chi connectivity index (χ0v) is 12.2. The lowest BCUT2D eigenvalue weighted by atomic mass is 10.1. The number of aromatic nitrogens is 3. The Hall–Kier alpha value is -2.56. The lowest BCUT2D eigenvalue weighted by molar-refractivity contribution is 0.0951. The minimum absolute atomic E-state index is 0.0718. The van der Waals surface area contributed by atoms with E-state index in [1.807, 2.05) is 43.7 Å². The molecular formula is C16H18N4O. The molecule has 0 spiro atoms. The Balaban J connectivity index is 1.73. The van der Waals surface area contributed by atoms with Crippen LogP contribution in [0.5, 0.6) is 0 Å². The van der Waals surface area contributed by atoms with Crippen molar-refractivity contribution in [2.75, 3.05) is 0 Å². The van der Waals surface area contributed by atoms with Crippen molar-refractivity contribution in [1.82, 2.24) is 20.1 Å². The Morgan fingerprint density at radius 3 is 3.05 bits per heavy atom. The summed E-state index contributed by atoms with van der Waals surface area (Å²) in [7, 11) is 1.89. The number of amides is 1. The molecule has 0 fully saturated rings. The monoisotopic (exact) mass is 282 g/mol. The first-order valence-corrected chi connectivity index (χ1v) is 7.04. The molecule has 21 heavy (non-hydrogen) atoms. The van der Waals surface area contributed by atoms with Crippen LogP contribution in [0.4, 0.5) is 0 Å². The number of aryl methyl sites for hydroxylation is 2. The van der Waals surface area contributed by atoms with Crippen molar-refractivity contribution in [2.24, 2.45) is 7.05 Å². The number of carbonyl (C=O) groups excluding carboxylic acids is 1. The third-order valence-electron chi connectivity index (χ3n) is 3.58. The van der Waals surface area contributed by atoms with Gasteiger partial charge in [0.25, 0.3) is 5.91 Å². The van der Waals surface area contributed by atoms with Crippen LogP contribution in [0.15, 0.2) is 36.7 Å². The average molecular weight is 282 g/mol. The Morgan fingerprint density at radius 1 is 1.38 bits per heavy atom. The molecule has 5 nitrogen and oxygen atoms in total. The van der Waals surface area contributed by atoms with Crippen LogP contribution < -0.4 is 5.32 Å². The Morgan fingerprint density at radius 2 is 2.24 bits per heavy atom.